The first-order chi connectivity index (χ1) is 13.0. The molecule has 1 aliphatic heterocycles. The fraction of sp³-hybridized carbons (Fsp3) is 0.316. The molecule has 1 fully saturated rings. The third kappa shape index (κ3) is 4.95. The summed E-state index contributed by atoms with van der Waals surface area (Å²) in [6.45, 7) is 0.506. The number of hydrogen-bond acceptors (Lipinski definition) is 5. The van der Waals surface area contributed by atoms with Crippen LogP contribution in [0.1, 0.15) is 34.5 Å². The Morgan fingerprint density at radius 1 is 1.04 bits per heavy atom. The lowest BCUT2D eigenvalue weighted by atomic mass is 10.1. The van der Waals surface area contributed by atoms with Crippen LogP contribution in [0, 0.1) is 0 Å². The Bertz CT molecular complexity index is 817. The first kappa shape index (κ1) is 18.7. The van der Waals surface area contributed by atoms with Crippen LogP contribution >= 0.6 is 0 Å². The lowest BCUT2D eigenvalue weighted by Crippen LogP contribution is -2.35. The minimum atomic E-state index is -1.06. The summed E-state index contributed by atoms with van der Waals surface area (Å²) in [5, 5.41) is 14.4. The molecule has 2 heterocycles. The molecule has 2 aromatic rings. The largest absolute Gasteiger partial charge is 0.479 e. The normalized spacial score (nSPS) is 18.8. The van der Waals surface area contributed by atoms with Gasteiger partial charge in [-0.2, -0.15) is 0 Å². The first-order valence-corrected chi connectivity index (χ1v) is 8.58. The summed E-state index contributed by atoms with van der Waals surface area (Å²) in [7, 11) is 0. The third-order valence-corrected chi connectivity index (χ3v) is 4.25. The zero-order valence-corrected chi connectivity index (χ0v) is 14.5. The molecule has 0 saturated carbocycles. The predicted molar refractivity (Wildman–Crippen MR) is 93.7 cm³/mol. The van der Waals surface area contributed by atoms with Gasteiger partial charge in [-0.25, -0.2) is 4.79 Å². The van der Waals surface area contributed by atoms with Crippen molar-refractivity contribution in [3.8, 4) is 0 Å². The van der Waals surface area contributed by atoms with E-state index in [1.54, 1.807) is 36.4 Å². The Balaban J connectivity index is 1.50. The van der Waals surface area contributed by atoms with E-state index in [2.05, 4.69) is 10.6 Å². The summed E-state index contributed by atoms with van der Waals surface area (Å²) in [5.74, 6) is -1.00. The number of hydrogen-bond donors (Lipinski definition) is 3. The van der Waals surface area contributed by atoms with Crippen molar-refractivity contribution in [3.63, 3.8) is 0 Å². The van der Waals surface area contributed by atoms with E-state index < -0.39 is 18.2 Å². The van der Waals surface area contributed by atoms with E-state index in [0.717, 1.165) is 5.56 Å². The Kier molecular flexibility index (Phi) is 5.87. The Labute approximate surface area is 155 Å². The van der Waals surface area contributed by atoms with Crippen LogP contribution in [-0.2, 0) is 27.4 Å². The van der Waals surface area contributed by atoms with Gasteiger partial charge in [-0.05, 0) is 42.7 Å². The van der Waals surface area contributed by atoms with Gasteiger partial charge in [0.25, 0.3) is 5.91 Å². The monoisotopic (exact) mass is 372 g/mol. The number of rotatable bonds is 7. The minimum Gasteiger partial charge on any atom is -0.479 e. The van der Waals surface area contributed by atoms with Crippen molar-refractivity contribution < 1.29 is 28.6 Å². The van der Waals surface area contributed by atoms with E-state index in [4.69, 9.17) is 14.3 Å². The maximum absolute atomic E-state index is 12.2. The van der Waals surface area contributed by atoms with Crippen molar-refractivity contribution in [2.45, 2.75) is 38.1 Å². The first-order valence-electron chi connectivity index (χ1n) is 8.58. The van der Waals surface area contributed by atoms with Crippen molar-refractivity contribution in [1.82, 2.24) is 10.6 Å². The van der Waals surface area contributed by atoms with Crippen molar-refractivity contribution in [3.05, 3.63) is 59.5 Å². The van der Waals surface area contributed by atoms with E-state index in [1.165, 1.54) is 6.26 Å². The molecule has 1 aliphatic rings. The molecular formula is C19H20N2O6. The molecule has 0 radical (unpaired) electrons. The number of carbonyl (C=O) groups is 3. The molecule has 8 heteroatoms. The fourth-order valence-electron chi connectivity index (χ4n) is 2.82. The van der Waals surface area contributed by atoms with Gasteiger partial charge >= 0.3 is 5.97 Å². The number of ether oxygens (including phenoxy) is 1. The maximum atomic E-state index is 12.2. The molecule has 3 N–H and O–H groups in total. The summed E-state index contributed by atoms with van der Waals surface area (Å²) in [5.41, 5.74) is 1.22. The SMILES string of the molecule is O=C(NCc1ccco1)c1cccc(CNC(=O)[C@@H]2CC[C@H](C(=O)O)O2)c1. The molecule has 27 heavy (non-hydrogen) atoms. The molecule has 0 spiro atoms. The second kappa shape index (κ2) is 8.50. The van der Waals surface area contributed by atoms with Crippen LogP contribution in [0.25, 0.3) is 0 Å². The van der Waals surface area contributed by atoms with Gasteiger partial charge in [-0.1, -0.05) is 12.1 Å². The molecule has 2 amide bonds. The summed E-state index contributed by atoms with van der Waals surface area (Å²) < 4.78 is 10.4. The van der Waals surface area contributed by atoms with E-state index in [-0.39, 0.29) is 24.9 Å². The van der Waals surface area contributed by atoms with Crippen molar-refractivity contribution in [2.75, 3.05) is 0 Å². The molecule has 0 bridgehead atoms. The second-order valence-electron chi connectivity index (χ2n) is 6.21. The van der Waals surface area contributed by atoms with Crippen molar-refractivity contribution in [2.24, 2.45) is 0 Å². The molecule has 1 aromatic carbocycles. The summed E-state index contributed by atoms with van der Waals surface area (Å²) >= 11 is 0. The number of amides is 2. The van der Waals surface area contributed by atoms with Crippen LogP contribution in [0.5, 0.6) is 0 Å². The molecule has 0 aliphatic carbocycles. The average molecular weight is 372 g/mol. The van der Waals surface area contributed by atoms with Crippen LogP contribution < -0.4 is 10.6 Å². The topological polar surface area (TPSA) is 118 Å². The zero-order valence-electron chi connectivity index (χ0n) is 14.5. The molecule has 1 aromatic heterocycles. The van der Waals surface area contributed by atoms with Crippen molar-refractivity contribution >= 4 is 17.8 Å². The van der Waals surface area contributed by atoms with Crippen molar-refractivity contribution in [1.29, 1.82) is 0 Å². The summed E-state index contributed by atoms with van der Waals surface area (Å²) in [6.07, 6.45) is 0.543. The van der Waals surface area contributed by atoms with Crippen LogP contribution in [0.3, 0.4) is 0 Å². The zero-order chi connectivity index (χ0) is 19.2. The number of carboxylic acids is 1. The smallest absolute Gasteiger partial charge is 0.332 e. The van der Waals surface area contributed by atoms with E-state index in [1.807, 2.05) is 0 Å². The van der Waals surface area contributed by atoms with E-state index in [9.17, 15) is 14.4 Å². The number of aliphatic carboxylic acids is 1. The fourth-order valence-corrected chi connectivity index (χ4v) is 2.82. The van der Waals surface area contributed by atoms with E-state index in [0.29, 0.717) is 24.2 Å². The van der Waals surface area contributed by atoms with Gasteiger partial charge < -0.3 is 24.9 Å². The van der Waals surface area contributed by atoms with Crippen LogP contribution in [0.4, 0.5) is 0 Å². The molecule has 1 saturated heterocycles. The number of furan rings is 1. The minimum absolute atomic E-state index is 0.218. The average Bonchev–Trinajstić information content (AvgIpc) is 3.36. The highest BCUT2D eigenvalue weighted by molar-refractivity contribution is 5.94. The second-order valence-corrected chi connectivity index (χ2v) is 6.21. The van der Waals surface area contributed by atoms with Gasteiger partial charge in [-0.15, -0.1) is 0 Å². The number of carbonyl (C=O) groups excluding carboxylic acids is 2. The number of nitrogens with one attached hydrogen (secondary N) is 2. The highest BCUT2D eigenvalue weighted by atomic mass is 16.5. The standard InChI is InChI=1S/C19H20N2O6/c22-17(21-11-14-5-2-8-26-14)13-4-1-3-12(9-13)10-20-18(23)15-6-7-16(27-15)19(24)25/h1-5,8-9,15-16H,6-7,10-11H2,(H,20,23)(H,21,22)(H,24,25)/t15-,16+/m0/s1. The lowest BCUT2D eigenvalue weighted by Gasteiger charge is -2.12. The Morgan fingerprint density at radius 3 is 2.56 bits per heavy atom. The van der Waals surface area contributed by atoms with Crippen LogP contribution in [0.15, 0.2) is 47.1 Å². The van der Waals surface area contributed by atoms with Gasteiger partial charge in [0.1, 0.15) is 11.9 Å². The maximum Gasteiger partial charge on any atom is 0.332 e. The highest BCUT2D eigenvalue weighted by Gasteiger charge is 2.34. The summed E-state index contributed by atoms with van der Waals surface area (Å²) in [6, 6.07) is 10.4. The molecule has 8 nitrogen and oxygen atoms in total. The number of benzene rings is 1. The Morgan fingerprint density at radius 2 is 1.85 bits per heavy atom. The van der Waals surface area contributed by atoms with Gasteiger partial charge in [0.15, 0.2) is 6.10 Å². The number of carboxylic acid groups (broad SMARTS) is 1. The van der Waals surface area contributed by atoms with Crippen LogP contribution in [-0.4, -0.2) is 35.1 Å². The summed E-state index contributed by atoms with van der Waals surface area (Å²) in [4.78, 5) is 35.2. The quantitative estimate of drug-likeness (QED) is 0.677. The molecule has 3 rings (SSSR count). The predicted octanol–water partition coefficient (Wildman–Crippen LogP) is 1.46. The van der Waals surface area contributed by atoms with Gasteiger partial charge in [0.05, 0.1) is 12.8 Å². The van der Waals surface area contributed by atoms with Crippen LogP contribution in [0.2, 0.25) is 0 Å². The highest BCUT2D eigenvalue weighted by Crippen LogP contribution is 2.20. The van der Waals surface area contributed by atoms with Gasteiger partial charge in [0, 0.05) is 12.1 Å². The third-order valence-electron chi connectivity index (χ3n) is 4.25. The molecule has 2 atom stereocenters. The lowest BCUT2D eigenvalue weighted by molar-refractivity contribution is -0.151. The van der Waals surface area contributed by atoms with E-state index >= 15 is 0 Å². The molecule has 142 valence electrons. The Hall–Kier alpha value is -3.13. The van der Waals surface area contributed by atoms with Gasteiger partial charge in [0.2, 0.25) is 5.91 Å². The molecule has 0 unspecified atom stereocenters. The molecular weight excluding hydrogens is 352 g/mol. The van der Waals surface area contributed by atoms with Gasteiger partial charge in [-0.3, -0.25) is 9.59 Å².